The summed E-state index contributed by atoms with van der Waals surface area (Å²) in [4.78, 5) is 11.7. The van der Waals surface area contributed by atoms with E-state index in [1.807, 2.05) is 18.2 Å². The number of aromatic hydroxyl groups is 1. The van der Waals surface area contributed by atoms with Gasteiger partial charge in [0.1, 0.15) is 11.5 Å². The molecular formula is C18H14Cl2N2O3S. The summed E-state index contributed by atoms with van der Waals surface area (Å²) in [5.41, 5.74) is 7.42. The normalized spacial score (nSPS) is 10.7. The van der Waals surface area contributed by atoms with Crippen LogP contribution in [-0.2, 0) is 11.2 Å². The van der Waals surface area contributed by atoms with Crippen molar-refractivity contribution in [1.29, 1.82) is 0 Å². The molecule has 0 saturated carbocycles. The number of phenolic OH excluding ortho intramolecular Hbond substituents is 1. The summed E-state index contributed by atoms with van der Waals surface area (Å²) in [5.74, 6) is -0.0231. The van der Waals surface area contributed by atoms with Crippen molar-refractivity contribution in [3.63, 3.8) is 0 Å². The molecule has 0 radical (unpaired) electrons. The van der Waals surface area contributed by atoms with Gasteiger partial charge in [-0.2, -0.15) is 0 Å². The molecule has 3 rings (SSSR count). The molecule has 0 fully saturated rings. The average molecular weight is 409 g/mol. The smallest absolute Gasteiger partial charge is 0.255 e. The Bertz CT molecular complexity index is 923. The molecule has 3 N–H and O–H groups in total. The molecule has 0 aliphatic rings. The number of carbonyl (C=O) groups is 1. The number of nitrogens with zero attached hydrogens (tertiary/aromatic N) is 1. The molecule has 1 aromatic heterocycles. The highest BCUT2D eigenvalue weighted by Gasteiger charge is 2.13. The SMILES string of the molecule is NC(=O)COc1cc(Cl)c(Cc2ccc(O)c(-c3ccns3)c2)c(Cl)c1. The fourth-order valence-corrected chi connectivity index (χ4v) is 3.66. The molecule has 134 valence electrons. The van der Waals surface area contributed by atoms with Crippen molar-refractivity contribution in [3.05, 3.63) is 63.8 Å². The Morgan fingerprint density at radius 2 is 1.92 bits per heavy atom. The maximum atomic E-state index is 10.8. The van der Waals surface area contributed by atoms with Crippen molar-refractivity contribution in [3.8, 4) is 21.9 Å². The van der Waals surface area contributed by atoms with Gasteiger partial charge in [0.2, 0.25) is 0 Å². The van der Waals surface area contributed by atoms with E-state index in [1.54, 1.807) is 24.4 Å². The molecule has 0 atom stereocenters. The van der Waals surface area contributed by atoms with Crippen LogP contribution in [0.5, 0.6) is 11.5 Å². The predicted octanol–water partition coefficient (Wildman–Crippen LogP) is 4.28. The first-order valence-electron chi connectivity index (χ1n) is 7.56. The van der Waals surface area contributed by atoms with Gasteiger partial charge in [-0.3, -0.25) is 4.79 Å². The Balaban J connectivity index is 1.87. The highest BCUT2D eigenvalue weighted by molar-refractivity contribution is 7.09. The van der Waals surface area contributed by atoms with E-state index in [0.717, 1.165) is 16.0 Å². The fraction of sp³-hybridized carbons (Fsp3) is 0.111. The third kappa shape index (κ3) is 4.27. The first-order chi connectivity index (χ1) is 12.4. The maximum absolute atomic E-state index is 10.8. The van der Waals surface area contributed by atoms with E-state index in [-0.39, 0.29) is 12.4 Å². The number of halogens is 2. The first-order valence-corrected chi connectivity index (χ1v) is 9.09. The molecular weight excluding hydrogens is 395 g/mol. The molecule has 0 bridgehead atoms. The lowest BCUT2D eigenvalue weighted by atomic mass is 10.0. The predicted molar refractivity (Wildman–Crippen MR) is 103 cm³/mol. The van der Waals surface area contributed by atoms with Crippen LogP contribution in [0.1, 0.15) is 11.1 Å². The molecule has 26 heavy (non-hydrogen) atoms. The molecule has 0 aliphatic carbocycles. The largest absolute Gasteiger partial charge is 0.507 e. The van der Waals surface area contributed by atoms with Crippen molar-refractivity contribution >= 4 is 40.6 Å². The Labute approximate surface area is 164 Å². The number of nitrogens with two attached hydrogens (primary N) is 1. The van der Waals surface area contributed by atoms with Gasteiger partial charge in [0.05, 0.1) is 4.88 Å². The van der Waals surface area contributed by atoms with Crippen molar-refractivity contribution in [2.45, 2.75) is 6.42 Å². The van der Waals surface area contributed by atoms with Gasteiger partial charge in [-0.1, -0.05) is 29.3 Å². The van der Waals surface area contributed by atoms with E-state index in [2.05, 4.69) is 4.37 Å². The second-order valence-corrected chi connectivity index (χ2v) is 7.17. The van der Waals surface area contributed by atoms with E-state index in [4.69, 9.17) is 33.7 Å². The summed E-state index contributed by atoms with van der Waals surface area (Å²) in [7, 11) is 0. The van der Waals surface area contributed by atoms with Crippen molar-refractivity contribution < 1.29 is 14.6 Å². The molecule has 0 saturated heterocycles. The minimum Gasteiger partial charge on any atom is -0.507 e. The highest BCUT2D eigenvalue weighted by atomic mass is 35.5. The molecule has 1 heterocycles. The number of benzene rings is 2. The van der Waals surface area contributed by atoms with Gasteiger partial charge in [-0.05, 0) is 53.0 Å². The number of hydrogen-bond donors (Lipinski definition) is 2. The summed E-state index contributed by atoms with van der Waals surface area (Å²) in [6.45, 7) is -0.248. The molecule has 5 nitrogen and oxygen atoms in total. The van der Waals surface area contributed by atoms with Crippen LogP contribution in [0.4, 0.5) is 0 Å². The zero-order chi connectivity index (χ0) is 18.7. The summed E-state index contributed by atoms with van der Waals surface area (Å²) < 4.78 is 9.30. The van der Waals surface area contributed by atoms with E-state index >= 15 is 0 Å². The van der Waals surface area contributed by atoms with Crippen molar-refractivity contribution in [1.82, 2.24) is 4.37 Å². The van der Waals surface area contributed by atoms with Gasteiger partial charge >= 0.3 is 0 Å². The van der Waals surface area contributed by atoms with Crippen molar-refractivity contribution in [2.24, 2.45) is 5.73 Å². The van der Waals surface area contributed by atoms with Crippen LogP contribution in [0.25, 0.3) is 10.4 Å². The molecule has 1 amide bonds. The number of primary amides is 1. The fourth-order valence-electron chi connectivity index (χ4n) is 2.44. The Morgan fingerprint density at radius 1 is 1.19 bits per heavy atom. The van der Waals surface area contributed by atoms with Crippen LogP contribution in [0.3, 0.4) is 0 Å². The third-order valence-electron chi connectivity index (χ3n) is 3.64. The van der Waals surface area contributed by atoms with Crippen LogP contribution in [0.15, 0.2) is 42.6 Å². The Morgan fingerprint density at radius 3 is 2.54 bits per heavy atom. The standard InChI is InChI=1S/C18H14Cl2N2O3S/c19-14-7-11(25-9-18(21)24)8-15(20)12(14)5-10-1-2-16(23)13(6-10)17-3-4-22-26-17/h1-4,6-8,23H,5,9H2,(H2,21,24). The first kappa shape index (κ1) is 18.5. The summed E-state index contributed by atoms with van der Waals surface area (Å²) in [6.07, 6.45) is 2.16. The van der Waals surface area contributed by atoms with E-state index in [1.165, 1.54) is 11.5 Å². The third-order valence-corrected chi connectivity index (χ3v) is 5.10. The van der Waals surface area contributed by atoms with E-state index in [0.29, 0.717) is 27.8 Å². The van der Waals surface area contributed by atoms with Gasteiger partial charge < -0.3 is 15.6 Å². The molecule has 3 aromatic rings. The number of rotatable bonds is 6. The number of hydrogen-bond acceptors (Lipinski definition) is 5. The highest BCUT2D eigenvalue weighted by Crippen LogP contribution is 2.35. The topological polar surface area (TPSA) is 85.4 Å². The molecule has 0 aliphatic heterocycles. The van der Waals surface area contributed by atoms with Gasteiger partial charge in [0.15, 0.2) is 6.61 Å². The molecule has 0 unspecified atom stereocenters. The minimum absolute atomic E-state index is 0.186. The molecule has 0 spiro atoms. The lowest BCUT2D eigenvalue weighted by Crippen LogP contribution is -2.20. The van der Waals surface area contributed by atoms with Crippen LogP contribution >= 0.6 is 34.7 Å². The number of aromatic nitrogens is 1. The second kappa shape index (κ2) is 7.95. The maximum Gasteiger partial charge on any atom is 0.255 e. The Kier molecular flexibility index (Phi) is 5.66. The van der Waals surface area contributed by atoms with E-state index < -0.39 is 5.91 Å². The second-order valence-electron chi connectivity index (χ2n) is 5.53. The van der Waals surface area contributed by atoms with Crippen LogP contribution in [0.2, 0.25) is 10.0 Å². The van der Waals surface area contributed by atoms with Crippen LogP contribution < -0.4 is 10.5 Å². The van der Waals surface area contributed by atoms with Crippen LogP contribution in [0, 0.1) is 0 Å². The Hall–Kier alpha value is -2.28. The quantitative estimate of drug-likeness (QED) is 0.637. The van der Waals surface area contributed by atoms with Gasteiger partial charge in [0, 0.05) is 28.2 Å². The van der Waals surface area contributed by atoms with Crippen LogP contribution in [-0.4, -0.2) is 22.0 Å². The number of ether oxygens (including phenoxy) is 1. The molecule has 8 heteroatoms. The zero-order valence-corrected chi connectivity index (χ0v) is 15.7. The summed E-state index contributed by atoms with van der Waals surface area (Å²) >= 11 is 14.0. The van der Waals surface area contributed by atoms with Gasteiger partial charge in [0.25, 0.3) is 5.91 Å². The lowest BCUT2D eigenvalue weighted by Gasteiger charge is -2.12. The monoisotopic (exact) mass is 408 g/mol. The molecule has 2 aromatic carbocycles. The zero-order valence-electron chi connectivity index (χ0n) is 13.4. The number of phenols is 1. The number of carbonyl (C=O) groups excluding carboxylic acids is 1. The van der Waals surface area contributed by atoms with Crippen molar-refractivity contribution in [2.75, 3.05) is 6.61 Å². The van der Waals surface area contributed by atoms with Gasteiger partial charge in [-0.15, -0.1) is 0 Å². The minimum atomic E-state index is -0.582. The average Bonchev–Trinajstić information content (AvgIpc) is 3.12. The summed E-state index contributed by atoms with van der Waals surface area (Å²) in [5, 5.41) is 10.9. The van der Waals surface area contributed by atoms with Gasteiger partial charge in [-0.25, -0.2) is 4.37 Å². The lowest BCUT2D eigenvalue weighted by molar-refractivity contribution is -0.119. The summed E-state index contributed by atoms with van der Waals surface area (Å²) in [6, 6.07) is 10.4. The van der Waals surface area contributed by atoms with E-state index in [9.17, 15) is 9.90 Å². The number of amides is 1.